The highest BCUT2D eigenvalue weighted by Crippen LogP contribution is 2.24. The standard InChI is InChI=1S/C15H21ClFNO2/c1-15(2,18-5-7-20-8-6-18)14(19)10-11-3-4-13(17)12(16)9-11/h3-4,9,14,19H,5-8,10H2,1-2H3. The van der Waals surface area contributed by atoms with Gasteiger partial charge in [0, 0.05) is 25.0 Å². The third kappa shape index (κ3) is 3.50. The Bertz CT molecular complexity index is 461. The summed E-state index contributed by atoms with van der Waals surface area (Å²) >= 11 is 5.78. The summed E-state index contributed by atoms with van der Waals surface area (Å²) < 4.78 is 18.5. The molecule has 1 N–H and O–H groups in total. The molecule has 112 valence electrons. The Morgan fingerprint density at radius 2 is 2.05 bits per heavy atom. The van der Waals surface area contributed by atoms with Crippen molar-refractivity contribution in [2.45, 2.75) is 31.9 Å². The van der Waals surface area contributed by atoms with Crippen molar-refractivity contribution in [3.05, 3.63) is 34.6 Å². The van der Waals surface area contributed by atoms with Crippen molar-refractivity contribution in [1.29, 1.82) is 0 Å². The molecular weight excluding hydrogens is 281 g/mol. The van der Waals surface area contributed by atoms with Gasteiger partial charge in [0.25, 0.3) is 0 Å². The summed E-state index contributed by atoms with van der Waals surface area (Å²) in [6.45, 7) is 7.06. The fraction of sp³-hybridized carbons (Fsp3) is 0.600. The van der Waals surface area contributed by atoms with Crippen LogP contribution in [0.5, 0.6) is 0 Å². The monoisotopic (exact) mass is 301 g/mol. The fourth-order valence-corrected chi connectivity index (χ4v) is 2.69. The quantitative estimate of drug-likeness (QED) is 0.927. The van der Waals surface area contributed by atoms with Crippen molar-refractivity contribution in [2.75, 3.05) is 26.3 Å². The van der Waals surface area contributed by atoms with Crippen LogP contribution in [0.3, 0.4) is 0 Å². The number of nitrogens with zero attached hydrogens (tertiary/aromatic N) is 1. The molecule has 2 rings (SSSR count). The summed E-state index contributed by atoms with van der Waals surface area (Å²) in [7, 11) is 0. The number of morpholine rings is 1. The molecule has 5 heteroatoms. The lowest BCUT2D eigenvalue weighted by Gasteiger charge is -2.43. The molecule has 0 aromatic heterocycles. The molecule has 1 saturated heterocycles. The average Bonchev–Trinajstić information content (AvgIpc) is 2.44. The smallest absolute Gasteiger partial charge is 0.141 e. The number of rotatable bonds is 4. The van der Waals surface area contributed by atoms with E-state index in [0.29, 0.717) is 19.6 Å². The SMILES string of the molecule is CC(C)(C(O)Cc1ccc(F)c(Cl)c1)N1CCOCC1. The van der Waals surface area contributed by atoms with Crippen molar-refractivity contribution in [1.82, 2.24) is 4.90 Å². The minimum absolute atomic E-state index is 0.0962. The van der Waals surface area contributed by atoms with Crippen LogP contribution >= 0.6 is 11.6 Å². The topological polar surface area (TPSA) is 32.7 Å². The second-order valence-electron chi connectivity index (χ2n) is 5.72. The van der Waals surface area contributed by atoms with E-state index < -0.39 is 11.9 Å². The van der Waals surface area contributed by atoms with Crippen LogP contribution in [0.1, 0.15) is 19.4 Å². The Labute approximate surface area is 124 Å². The molecule has 1 atom stereocenters. The van der Waals surface area contributed by atoms with Crippen molar-refractivity contribution >= 4 is 11.6 Å². The minimum atomic E-state index is -0.554. The van der Waals surface area contributed by atoms with E-state index in [4.69, 9.17) is 16.3 Å². The maximum absolute atomic E-state index is 13.1. The van der Waals surface area contributed by atoms with Crippen LogP contribution in [-0.2, 0) is 11.2 Å². The summed E-state index contributed by atoms with van der Waals surface area (Å²) in [5, 5.41) is 10.6. The minimum Gasteiger partial charge on any atom is -0.391 e. The molecule has 1 heterocycles. The Morgan fingerprint density at radius 1 is 1.40 bits per heavy atom. The Morgan fingerprint density at radius 3 is 2.65 bits per heavy atom. The fourth-order valence-electron chi connectivity index (χ4n) is 2.49. The first-order valence-electron chi connectivity index (χ1n) is 6.86. The first kappa shape index (κ1) is 15.7. The number of hydrogen-bond acceptors (Lipinski definition) is 3. The zero-order valence-corrected chi connectivity index (χ0v) is 12.7. The van der Waals surface area contributed by atoms with Crippen molar-refractivity contribution < 1.29 is 14.2 Å². The third-order valence-corrected chi connectivity index (χ3v) is 4.34. The number of aliphatic hydroxyl groups is 1. The van der Waals surface area contributed by atoms with Crippen LogP contribution in [0, 0.1) is 5.82 Å². The highest BCUT2D eigenvalue weighted by molar-refractivity contribution is 6.30. The Hall–Kier alpha value is -0.680. The van der Waals surface area contributed by atoms with Gasteiger partial charge in [0.2, 0.25) is 0 Å². The highest BCUT2D eigenvalue weighted by atomic mass is 35.5. The van der Waals surface area contributed by atoms with Gasteiger partial charge in [-0.3, -0.25) is 4.90 Å². The Balaban J connectivity index is 2.05. The van der Waals surface area contributed by atoms with E-state index in [-0.39, 0.29) is 10.6 Å². The van der Waals surface area contributed by atoms with Gasteiger partial charge in [0.05, 0.1) is 24.3 Å². The first-order chi connectivity index (χ1) is 9.41. The molecule has 1 fully saturated rings. The summed E-state index contributed by atoms with van der Waals surface area (Å²) in [4.78, 5) is 2.23. The molecule has 3 nitrogen and oxygen atoms in total. The lowest BCUT2D eigenvalue weighted by atomic mass is 9.89. The van der Waals surface area contributed by atoms with E-state index >= 15 is 0 Å². The van der Waals surface area contributed by atoms with E-state index in [1.165, 1.54) is 6.07 Å². The van der Waals surface area contributed by atoms with Gasteiger partial charge in [0.1, 0.15) is 5.82 Å². The third-order valence-electron chi connectivity index (χ3n) is 4.05. The van der Waals surface area contributed by atoms with E-state index in [0.717, 1.165) is 18.7 Å². The highest BCUT2D eigenvalue weighted by Gasteiger charge is 2.35. The predicted molar refractivity (Wildman–Crippen MR) is 77.6 cm³/mol. The van der Waals surface area contributed by atoms with Crippen LogP contribution < -0.4 is 0 Å². The van der Waals surface area contributed by atoms with Crippen LogP contribution in [0.15, 0.2) is 18.2 Å². The molecule has 0 aliphatic carbocycles. The molecule has 1 aliphatic rings. The number of ether oxygens (including phenoxy) is 1. The van der Waals surface area contributed by atoms with Gasteiger partial charge in [-0.25, -0.2) is 4.39 Å². The van der Waals surface area contributed by atoms with Crippen LogP contribution in [0.4, 0.5) is 4.39 Å². The van der Waals surface area contributed by atoms with E-state index in [9.17, 15) is 9.50 Å². The molecule has 1 aromatic rings. The second-order valence-corrected chi connectivity index (χ2v) is 6.13. The lowest BCUT2D eigenvalue weighted by molar-refractivity contribution is -0.0612. The molecule has 1 aliphatic heterocycles. The molecule has 0 bridgehead atoms. The van der Waals surface area contributed by atoms with Crippen LogP contribution in [-0.4, -0.2) is 48.0 Å². The van der Waals surface area contributed by atoms with Gasteiger partial charge < -0.3 is 9.84 Å². The summed E-state index contributed by atoms with van der Waals surface area (Å²) in [5.74, 6) is -0.433. The maximum Gasteiger partial charge on any atom is 0.141 e. The largest absolute Gasteiger partial charge is 0.391 e. The molecule has 1 unspecified atom stereocenters. The number of benzene rings is 1. The van der Waals surface area contributed by atoms with Crippen molar-refractivity contribution in [2.24, 2.45) is 0 Å². The summed E-state index contributed by atoms with van der Waals surface area (Å²) in [6, 6.07) is 4.58. The van der Waals surface area contributed by atoms with Gasteiger partial charge in [-0.1, -0.05) is 17.7 Å². The van der Waals surface area contributed by atoms with Crippen molar-refractivity contribution in [3.8, 4) is 0 Å². The van der Waals surface area contributed by atoms with E-state index in [1.807, 2.05) is 13.8 Å². The Kier molecular flexibility index (Phi) is 5.02. The van der Waals surface area contributed by atoms with Gasteiger partial charge in [0.15, 0.2) is 0 Å². The van der Waals surface area contributed by atoms with Gasteiger partial charge in [-0.15, -0.1) is 0 Å². The van der Waals surface area contributed by atoms with Gasteiger partial charge in [-0.05, 0) is 31.5 Å². The number of halogens is 2. The molecule has 0 amide bonds. The summed E-state index contributed by atoms with van der Waals surface area (Å²) in [5.41, 5.74) is 0.482. The van der Waals surface area contributed by atoms with E-state index in [1.54, 1.807) is 12.1 Å². The molecule has 0 saturated carbocycles. The van der Waals surface area contributed by atoms with Crippen LogP contribution in [0.2, 0.25) is 5.02 Å². The average molecular weight is 302 g/mol. The normalized spacial score (nSPS) is 19.1. The zero-order chi connectivity index (χ0) is 14.8. The first-order valence-corrected chi connectivity index (χ1v) is 7.24. The molecule has 0 radical (unpaired) electrons. The zero-order valence-electron chi connectivity index (χ0n) is 11.9. The molecule has 1 aromatic carbocycles. The number of hydrogen-bond donors (Lipinski definition) is 1. The molecular formula is C15H21ClFNO2. The maximum atomic E-state index is 13.1. The second kappa shape index (κ2) is 6.39. The molecule has 0 spiro atoms. The predicted octanol–water partition coefficient (Wildman–Crippen LogP) is 2.49. The van der Waals surface area contributed by atoms with Crippen molar-refractivity contribution in [3.63, 3.8) is 0 Å². The van der Waals surface area contributed by atoms with Crippen LogP contribution in [0.25, 0.3) is 0 Å². The lowest BCUT2D eigenvalue weighted by Crippen LogP contribution is -2.56. The number of aliphatic hydroxyl groups excluding tert-OH is 1. The summed E-state index contributed by atoms with van der Waals surface area (Å²) in [6.07, 6.45) is -0.105. The van der Waals surface area contributed by atoms with E-state index in [2.05, 4.69) is 4.90 Å². The van der Waals surface area contributed by atoms with Gasteiger partial charge in [-0.2, -0.15) is 0 Å². The molecule has 20 heavy (non-hydrogen) atoms. The van der Waals surface area contributed by atoms with Gasteiger partial charge >= 0.3 is 0 Å².